The number of hydrogen-bond acceptors (Lipinski definition) is 4. The largest absolute Gasteiger partial charge is 0.436 e. The molecule has 7 heteroatoms. The van der Waals surface area contributed by atoms with E-state index in [4.69, 9.17) is 8.83 Å². The van der Waals surface area contributed by atoms with Gasteiger partial charge >= 0.3 is 0 Å². The predicted molar refractivity (Wildman–Crippen MR) is 99.7 cm³/mol. The summed E-state index contributed by atoms with van der Waals surface area (Å²) in [6, 6.07) is 23.4. The fraction of sp³-hybridized carbons (Fsp3) is 0. The molecule has 0 spiro atoms. The van der Waals surface area contributed by atoms with Gasteiger partial charge in [0.2, 0.25) is 11.8 Å². The summed E-state index contributed by atoms with van der Waals surface area (Å²) >= 11 is 0. The molecule has 0 saturated heterocycles. The standard InChI is InChI=1S/C20H12N2O2.Ni.2H2O/c1-3-7-17-15(5-1)21-19(23-17)13-9-11-14(12-10-13)20-22-16-6-2-4-8-18(16)24-20;;;/h1-12H;;2*1H2. The smallest absolute Gasteiger partial charge is 0.227 e. The molecule has 6 nitrogen and oxygen atoms in total. The van der Waals surface area contributed by atoms with Crippen molar-refractivity contribution in [1.82, 2.24) is 9.97 Å². The summed E-state index contributed by atoms with van der Waals surface area (Å²) in [6.45, 7) is 0. The normalized spacial score (nSPS) is 10.1. The van der Waals surface area contributed by atoms with Gasteiger partial charge in [-0.15, -0.1) is 0 Å². The second kappa shape index (κ2) is 8.14. The molecule has 0 bridgehead atoms. The average Bonchev–Trinajstić information content (AvgIpc) is 3.25. The Bertz CT molecular complexity index is 1010. The SMILES string of the molecule is O.O.[Ni].c1ccc2oc(-c3ccc(-c4nc5ccccc5o4)cc3)nc2c1. The van der Waals surface area contributed by atoms with Crippen molar-refractivity contribution in [1.29, 1.82) is 0 Å². The van der Waals surface area contributed by atoms with Crippen molar-refractivity contribution >= 4 is 22.2 Å². The van der Waals surface area contributed by atoms with Crippen molar-refractivity contribution < 1.29 is 36.3 Å². The van der Waals surface area contributed by atoms with E-state index in [1.807, 2.05) is 72.8 Å². The van der Waals surface area contributed by atoms with Gasteiger partial charge in [0, 0.05) is 27.6 Å². The van der Waals surface area contributed by atoms with Gasteiger partial charge < -0.3 is 19.8 Å². The van der Waals surface area contributed by atoms with Crippen LogP contribution in [0.4, 0.5) is 0 Å². The van der Waals surface area contributed by atoms with Crippen molar-refractivity contribution in [2.45, 2.75) is 0 Å². The van der Waals surface area contributed by atoms with Crippen LogP contribution in [0.5, 0.6) is 0 Å². The molecular formula is C20H16N2NiO4. The van der Waals surface area contributed by atoms with Crippen LogP contribution in [0, 0.1) is 0 Å². The summed E-state index contributed by atoms with van der Waals surface area (Å²) in [5.74, 6) is 1.22. The van der Waals surface area contributed by atoms with Crippen molar-refractivity contribution in [3.05, 3.63) is 72.8 Å². The second-order valence-electron chi connectivity index (χ2n) is 5.55. The maximum absolute atomic E-state index is 5.80. The molecule has 2 aromatic heterocycles. The summed E-state index contributed by atoms with van der Waals surface area (Å²) in [7, 11) is 0. The van der Waals surface area contributed by atoms with Crippen LogP contribution < -0.4 is 0 Å². The van der Waals surface area contributed by atoms with Crippen molar-refractivity contribution in [3.8, 4) is 22.9 Å². The number of fused-ring (bicyclic) bond motifs is 2. The number of oxazole rings is 2. The van der Waals surface area contributed by atoms with Gasteiger partial charge in [-0.05, 0) is 48.5 Å². The molecule has 4 N–H and O–H groups in total. The molecule has 0 unspecified atom stereocenters. The molecular weight excluding hydrogens is 391 g/mol. The molecule has 0 fully saturated rings. The fourth-order valence-corrected chi connectivity index (χ4v) is 2.75. The van der Waals surface area contributed by atoms with Crippen molar-refractivity contribution in [3.63, 3.8) is 0 Å². The molecule has 5 rings (SSSR count). The predicted octanol–water partition coefficient (Wildman–Crippen LogP) is 3.65. The third kappa shape index (κ3) is 3.62. The molecule has 0 aliphatic carbocycles. The van der Waals surface area contributed by atoms with Gasteiger partial charge in [0.15, 0.2) is 11.2 Å². The zero-order chi connectivity index (χ0) is 15.9. The summed E-state index contributed by atoms with van der Waals surface area (Å²) in [5.41, 5.74) is 5.13. The number of benzene rings is 3. The zero-order valence-electron chi connectivity index (χ0n) is 14.0. The Morgan fingerprint density at radius 2 is 0.889 bits per heavy atom. The number of nitrogens with zero attached hydrogens (tertiary/aromatic N) is 2. The molecule has 5 aromatic rings. The van der Waals surface area contributed by atoms with Gasteiger partial charge in [0.25, 0.3) is 0 Å². The fourth-order valence-electron chi connectivity index (χ4n) is 2.75. The summed E-state index contributed by atoms with van der Waals surface area (Å²) in [5, 5.41) is 0. The topological polar surface area (TPSA) is 115 Å². The van der Waals surface area contributed by atoms with Gasteiger partial charge in [-0.2, -0.15) is 0 Å². The minimum absolute atomic E-state index is 0. The first-order chi connectivity index (χ1) is 11.9. The molecule has 0 atom stereocenters. The van der Waals surface area contributed by atoms with E-state index in [9.17, 15) is 0 Å². The molecule has 3 aromatic carbocycles. The van der Waals surface area contributed by atoms with E-state index in [2.05, 4.69) is 9.97 Å². The minimum Gasteiger partial charge on any atom is -0.436 e. The first kappa shape index (κ1) is 20.3. The first-order valence-electron chi connectivity index (χ1n) is 7.69. The van der Waals surface area contributed by atoms with Crippen LogP contribution in [-0.4, -0.2) is 20.9 Å². The molecule has 0 radical (unpaired) electrons. The molecule has 140 valence electrons. The van der Waals surface area contributed by atoms with Crippen LogP contribution >= 0.6 is 0 Å². The molecule has 2 heterocycles. The number of aromatic nitrogens is 2. The summed E-state index contributed by atoms with van der Waals surface area (Å²) in [4.78, 5) is 9.03. The Kier molecular flexibility index (Phi) is 6.13. The Morgan fingerprint density at radius 1 is 0.519 bits per heavy atom. The Morgan fingerprint density at radius 3 is 1.26 bits per heavy atom. The Balaban J connectivity index is 0.000000871. The van der Waals surface area contributed by atoms with Crippen LogP contribution in [-0.2, 0) is 16.5 Å². The summed E-state index contributed by atoms with van der Waals surface area (Å²) in [6.07, 6.45) is 0. The average molecular weight is 407 g/mol. The second-order valence-corrected chi connectivity index (χ2v) is 5.55. The van der Waals surface area contributed by atoms with E-state index in [-0.39, 0.29) is 27.4 Å². The van der Waals surface area contributed by atoms with Crippen LogP contribution in [0.3, 0.4) is 0 Å². The summed E-state index contributed by atoms with van der Waals surface area (Å²) < 4.78 is 11.6. The molecule has 0 aliphatic rings. The van der Waals surface area contributed by atoms with Crippen LogP contribution in [0.1, 0.15) is 0 Å². The van der Waals surface area contributed by atoms with Crippen LogP contribution in [0.15, 0.2) is 81.6 Å². The van der Waals surface area contributed by atoms with Gasteiger partial charge in [-0.25, -0.2) is 9.97 Å². The maximum atomic E-state index is 5.80. The number of para-hydroxylation sites is 4. The van der Waals surface area contributed by atoms with Crippen molar-refractivity contribution in [2.75, 3.05) is 0 Å². The van der Waals surface area contributed by atoms with Gasteiger partial charge in [0.1, 0.15) is 11.0 Å². The molecule has 27 heavy (non-hydrogen) atoms. The van der Waals surface area contributed by atoms with E-state index < -0.39 is 0 Å². The number of hydrogen-bond donors (Lipinski definition) is 0. The Labute approximate surface area is 164 Å². The molecule has 0 amide bonds. The van der Waals surface area contributed by atoms with E-state index >= 15 is 0 Å². The van der Waals surface area contributed by atoms with Gasteiger partial charge in [-0.3, -0.25) is 0 Å². The van der Waals surface area contributed by atoms with Gasteiger partial charge in [-0.1, -0.05) is 24.3 Å². The maximum Gasteiger partial charge on any atom is 0.227 e. The molecule has 0 saturated carbocycles. The van der Waals surface area contributed by atoms with Crippen LogP contribution in [0.25, 0.3) is 45.1 Å². The van der Waals surface area contributed by atoms with E-state index in [1.54, 1.807) is 0 Å². The third-order valence-electron chi connectivity index (χ3n) is 3.97. The van der Waals surface area contributed by atoms with E-state index in [0.717, 1.165) is 33.3 Å². The zero-order valence-corrected chi connectivity index (χ0v) is 14.9. The third-order valence-corrected chi connectivity index (χ3v) is 3.97. The first-order valence-corrected chi connectivity index (χ1v) is 7.69. The minimum atomic E-state index is 0. The van der Waals surface area contributed by atoms with E-state index in [1.165, 1.54) is 0 Å². The Hall–Kier alpha value is -2.99. The molecule has 0 aliphatic heterocycles. The van der Waals surface area contributed by atoms with Crippen LogP contribution in [0.2, 0.25) is 0 Å². The van der Waals surface area contributed by atoms with Crippen molar-refractivity contribution in [2.24, 2.45) is 0 Å². The van der Waals surface area contributed by atoms with Gasteiger partial charge in [0.05, 0.1) is 0 Å². The monoisotopic (exact) mass is 406 g/mol. The quantitative estimate of drug-likeness (QED) is 0.416. The number of rotatable bonds is 2. The van der Waals surface area contributed by atoms with E-state index in [0.29, 0.717) is 11.8 Å².